The van der Waals surface area contributed by atoms with E-state index in [1.54, 1.807) is 24.0 Å². The summed E-state index contributed by atoms with van der Waals surface area (Å²) >= 11 is 6.06. The monoisotopic (exact) mass is 401 g/mol. The van der Waals surface area contributed by atoms with E-state index in [9.17, 15) is 9.59 Å². The van der Waals surface area contributed by atoms with E-state index < -0.39 is 6.04 Å². The van der Waals surface area contributed by atoms with Gasteiger partial charge in [0.1, 0.15) is 11.8 Å². The lowest BCUT2D eigenvalue weighted by Crippen LogP contribution is -2.54. The van der Waals surface area contributed by atoms with E-state index in [-0.39, 0.29) is 18.4 Å². The van der Waals surface area contributed by atoms with Crippen molar-refractivity contribution < 1.29 is 14.3 Å². The molecule has 2 aromatic carbocycles. The van der Waals surface area contributed by atoms with Crippen molar-refractivity contribution in [3.63, 3.8) is 0 Å². The highest BCUT2D eigenvalue weighted by Gasteiger charge is 2.26. The first-order chi connectivity index (χ1) is 13.5. The SMILES string of the molecule is C[C@@H](NC(=O)COc1ccccc1)C(=O)N1CCN(c2cccc(Cl)c2)CC1. The molecule has 2 aromatic rings. The van der Waals surface area contributed by atoms with Gasteiger partial charge in [0.25, 0.3) is 5.91 Å². The number of hydrogen-bond donors (Lipinski definition) is 1. The third kappa shape index (κ3) is 5.39. The third-order valence-electron chi connectivity index (χ3n) is 4.63. The highest BCUT2D eigenvalue weighted by Crippen LogP contribution is 2.21. The van der Waals surface area contributed by atoms with E-state index >= 15 is 0 Å². The van der Waals surface area contributed by atoms with Crippen molar-refractivity contribution in [2.45, 2.75) is 13.0 Å². The van der Waals surface area contributed by atoms with Crippen LogP contribution in [0.5, 0.6) is 5.75 Å². The van der Waals surface area contributed by atoms with Crippen LogP contribution in [0.2, 0.25) is 5.02 Å². The second-order valence-corrected chi connectivity index (χ2v) is 7.12. The Morgan fingerprint density at radius 3 is 2.46 bits per heavy atom. The predicted octanol–water partition coefficient (Wildman–Crippen LogP) is 2.57. The Morgan fingerprint density at radius 2 is 1.79 bits per heavy atom. The Morgan fingerprint density at radius 1 is 1.07 bits per heavy atom. The maximum atomic E-state index is 12.6. The Balaban J connectivity index is 1.44. The molecular weight excluding hydrogens is 378 g/mol. The molecule has 0 saturated carbocycles. The van der Waals surface area contributed by atoms with Crippen molar-refractivity contribution in [2.75, 3.05) is 37.7 Å². The summed E-state index contributed by atoms with van der Waals surface area (Å²) in [5.74, 6) is 0.217. The lowest BCUT2D eigenvalue weighted by Gasteiger charge is -2.37. The number of nitrogens with one attached hydrogen (secondary N) is 1. The Bertz CT molecular complexity index is 808. The molecule has 1 atom stereocenters. The summed E-state index contributed by atoms with van der Waals surface area (Å²) in [4.78, 5) is 28.7. The van der Waals surface area contributed by atoms with E-state index in [1.807, 2.05) is 42.5 Å². The summed E-state index contributed by atoms with van der Waals surface area (Å²) in [6.07, 6.45) is 0. The van der Waals surface area contributed by atoms with Crippen LogP contribution in [-0.2, 0) is 9.59 Å². The number of carbonyl (C=O) groups excluding carboxylic acids is 2. The molecule has 0 aromatic heterocycles. The van der Waals surface area contributed by atoms with Crippen LogP contribution >= 0.6 is 11.6 Å². The number of hydrogen-bond acceptors (Lipinski definition) is 4. The molecule has 1 N–H and O–H groups in total. The molecule has 1 fully saturated rings. The number of rotatable bonds is 6. The molecule has 0 radical (unpaired) electrons. The van der Waals surface area contributed by atoms with Crippen molar-refractivity contribution in [1.29, 1.82) is 0 Å². The quantitative estimate of drug-likeness (QED) is 0.808. The summed E-state index contributed by atoms with van der Waals surface area (Å²) in [6.45, 7) is 4.24. The van der Waals surface area contributed by atoms with E-state index in [0.717, 1.165) is 18.8 Å². The van der Waals surface area contributed by atoms with Gasteiger partial charge < -0.3 is 19.9 Å². The molecule has 1 aliphatic heterocycles. The Labute approximate surface area is 170 Å². The lowest BCUT2D eigenvalue weighted by atomic mass is 10.2. The summed E-state index contributed by atoms with van der Waals surface area (Å²) in [5.41, 5.74) is 1.05. The Kier molecular flexibility index (Phi) is 6.76. The molecule has 28 heavy (non-hydrogen) atoms. The predicted molar refractivity (Wildman–Crippen MR) is 110 cm³/mol. The maximum absolute atomic E-state index is 12.6. The van der Waals surface area contributed by atoms with Crippen LogP contribution in [0.15, 0.2) is 54.6 Å². The molecule has 3 rings (SSSR count). The number of benzene rings is 2. The normalized spacial score (nSPS) is 15.1. The minimum Gasteiger partial charge on any atom is -0.484 e. The topological polar surface area (TPSA) is 61.9 Å². The first-order valence-corrected chi connectivity index (χ1v) is 9.67. The van der Waals surface area contributed by atoms with Crippen molar-refractivity contribution >= 4 is 29.1 Å². The summed E-state index contributed by atoms with van der Waals surface area (Å²) < 4.78 is 5.41. The molecule has 2 amide bonds. The van der Waals surface area contributed by atoms with Gasteiger partial charge in [0.05, 0.1) is 0 Å². The third-order valence-corrected chi connectivity index (χ3v) is 4.86. The van der Waals surface area contributed by atoms with Crippen LogP contribution in [0.3, 0.4) is 0 Å². The molecule has 0 unspecified atom stereocenters. The minimum atomic E-state index is -0.593. The van der Waals surface area contributed by atoms with Gasteiger partial charge in [-0.05, 0) is 37.3 Å². The number of nitrogens with zero attached hydrogens (tertiary/aromatic N) is 2. The van der Waals surface area contributed by atoms with Gasteiger partial charge in [0, 0.05) is 36.9 Å². The average molecular weight is 402 g/mol. The zero-order valence-corrected chi connectivity index (χ0v) is 16.6. The number of anilines is 1. The minimum absolute atomic E-state index is 0.0844. The van der Waals surface area contributed by atoms with Crippen LogP contribution in [-0.4, -0.2) is 55.5 Å². The van der Waals surface area contributed by atoms with Crippen LogP contribution in [0.4, 0.5) is 5.69 Å². The standard InChI is InChI=1S/C21H24ClN3O3/c1-16(23-20(26)15-28-19-8-3-2-4-9-19)21(27)25-12-10-24(11-13-25)18-7-5-6-17(22)14-18/h2-9,14,16H,10-13,15H2,1H3,(H,23,26)/t16-/m1/s1. The maximum Gasteiger partial charge on any atom is 0.258 e. The van der Waals surface area contributed by atoms with Crippen LogP contribution < -0.4 is 15.0 Å². The molecule has 0 aliphatic carbocycles. The van der Waals surface area contributed by atoms with Gasteiger partial charge in [0.15, 0.2) is 6.61 Å². The average Bonchev–Trinajstić information content (AvgIpc) is 2.72. The highest BCUT2D eigenvalue weighted by molar-refractivity contribution is 6.30. The smallest absolute Gasteiger partial charge is 0.258 e. The van der Waals surface area contributed by atoms with Gasteiger partial charge in [-0.1, -0.05) is 35.9 Å². The van der Waals surface area contributed by atoms with Crippen molar-refractivity contribution in [3.8, 4) is 5.75 Å². The largest absolute Gasteiger partial charge is 0.484 e. The zero-order chi connectivity index (χ0) is 19.9. The van der Waals surface area contributed by atoms with Crippen LogP contribution in [0.25, 0.3) is 0 Å². The number of amides is 2. The lowest BCUT2D eigenvalue weighted by molar-refractivity contribution is -0.136. The molecule has 1 saturated heterocycles. The first kappa shape index (κ1) is 20.0. The van der Waals surface area contributed by atoms with Gasteiger partial charge >= 0.3 is 0 Å². The zero-order valence-electron chi connectivity index (χ0n) is 15.8. The van der Waals surface area contributed by atoms with Crippen molar-refractivity contribution in [3.05, 3.63) is 59.6 Å². The first-order valence-electron chi connectivity index (χ1n) is 9.29. The van der Waals surface area contributed by atoms with E-state index in [4.69, 9.17) is 16.3 Å². The van der Waals surface area contributed by atoms with Crippen molar-refractivity contribution in [1.82, 2.24) is 10.2 Å². The number of ether oxygens (including phenoxy) is 1. The summed E-state index contributed by atoms with van der Waals surface area (Å²) in [5, 5.41) is 3.41. The molecule has 148 valence electrons. The number of para-hydroxylation sites is 1. The molecule has 1 aliphatic rings. The molecule has 6 nitrogen and oxygen atoms in total. The van der Waals surface area contributed by atoms with E-state index in [1.165, 1.54) is 0 Å². The van der Waals surface area contributed by atoms with Gasteiger partial charge in [-0.25, -0.2) is 0 Å². The molecular formula is C21H24ClN3O3. The number of halogens is 1. The van der Waals surface area contributed by atoms with Gasteiger partial charge in [0.2, 0.25) is 5.91 Å². The highest BCUT2D eigenvalue weighted by atomic mass is 35.5. The van der Waals surface area contributed by atoms with Crippen LogP contribution in [0, 0.1) is 0 Å². The summed E-state index contributed by atoms with van der Waals surface area (Å²) in [6, 6.07) is 16.2. The van der Waals surface area contributed by atoms with Gasteiger partial charge in [-0.15, -0.1) is 0 Å². The molecule has 7 heteroatoms. The molecule has 0 spiro atoms. The van der Waals surface area contributed by atoms with Gasteiger partial charge in [-0.2, -0.15) is 0 Å². The molecule has 1 heterocycles. The summed E-state index contributed by atoms with van der Waals surface area (Å²) in [7, 11) is 0. The number of carbonyl (C=O) groups is 2. The second-order valence-electron chi connectivity index (χ2n) is 6.68. The van der Waals surface area contributed by atoms with Gasteiger partial charge in [-0.3, -0.25) is 9.59 Å². The van der Waals surface area contributed by atoms with E-state index in [2.05, 4.69) is 10.2 Å². The van der Waals surface area contributed by atoms with Crippen molar-refractivity contribution in [2.24, 2.45) is 0 Å². The fourth-order valence-corrected chi connectivity index (χ4v) is 3.33. The molecule has 0 bridgehead atoms. The number of piperazine rings is 1. The van der Waals surface area contributed by atoms with E-state index in [0.29, 0.717) is 23.9 Å². The Hall–Kier alpha value is -2.73. The fourth-order valence-electron chi connectivity index (χ4n) is 3.14. The fraction of sp³-hybridized carbons (Fsp3) is 0.333. The second kappa shape index (κ2) is 9.46. The van der Waals surface area contributed by atoms with Crippen LogP contribution in [0.1, 0.15) is 6.92 Å².